The fourth-order valence-electron chi connectivity index (χ4n) is 1.22. The molecule has 0 heterocycles. The van der Waals surface area contributed by atoms with Gasteiger partial charge in [0.05, 0.1) is 26.2 Å². The van der Waals surface area contributed by atoms with Gasteiger partial charge in [0.15, 0.2) is 0 Å². The number of rotatable bonds is 5. The van der Waals surface area contributed by atoms with Crippen molar-refractivity contribution in [1.82, 2.24) is 0 Å². The fourth-order valence-corrected chi connectivity index (χ4v) is 2.19. The second-order valence-corrected chi connectivity index (χ2v) is 4.30. The molecule has 0 aromatic heterocycles. The Balaban J connectivity index is 2.64. The van der Waals surface area contributed by atoms with Crippen LogP contribution in [0.25, 0.3) is 0 Å². The van der Waals surface area contributed by atoms with Crippen LogP contribution < -0.4 is 0 Å². The van der Waals surface area contributed by atoms with Gasteiger partial charge in [0.2, 0.25) is 0 Å². The van der Waals surface area contributed by atoms with Crippen molar-refractivity contribution in [3.8, 4) is 0 Å². The van der Waals surface area contributed by atoms with Gasteiger partial charge in [-0.1, -0.05) is 12.1 Å². The molecule has 4 nitrogen and oxygen atoms in total. The summed E-state index contributed by atoms with van der Waals surface area (Å²) in [5, 5.41) is 0. The highest BCUT2D eigenvalue weighted by Crippen LogP contribution is 2.23. The first-order chi connectivity index (χ1) is 8.19. The van der Waals surface area contributed by atoms with Gasteiger partial charge in [-0.25, -0.2) is 4.79 Å². The van der Waals surface area contributed by atoms with Crippen molar-refractivity contribution in [1.29, 1.82) is 0 Å². The highest BCUT2D eigenvalue weighted by molar-refractivity contribution is 7.99. The molecular formula is C12H14O4S. The molecular weight excluding hydrogens is 240 g/mol. The van der Waals surface area contributed by atoms with Crippen molar-refractivity contribution in [2.24, 2.45) is 0 Å². The number of methoxy groups -OCH3 is 2. The molecule has 0 aliphatic heterocycles. The lowest BCUT2D eigenvalue weighted by atomic mass is 10.2. The molecule has 1 aromatic rings. The van der Waals surface area contributed by atoms with Crippen LogP contribution in [0.5, 0.6) is 0 Å². The highest BCUT2D eigenvalue weighted by Gasteiger charge is 2.11. The molecule has 0 N–H and O–H groups in total. The van der Waals surface area contributed by atoms with Gasteiger partial charge in [0.1, 0.15) is 0 Å². The summed E-state index contributed by atoms with van der Waals surface area (Å²) in [5.41, 5.74) is 0.518. The summed E-state index contributed by atoms with van der Waals surface area (Å²) in [6.07, 6.45) is 0.316. The molecule has 0 atom stereocenters. The van der Waals surface area contributed by atoms with Crippen molar-refractivity contribution in [3.63, 3.8) is 0 Å². The van der Waals surface area contributed by atoms with Crippen LogP contribution in [0.4, 0.5) is 0 Å². The number of esters is 2. The van der Waals surface area contributed by atoms with Gasteiger partial charge in [-0.15, -0.1) is 11.8 Å². The lowest BCUT2D eigenvalue weighted by Gasteiger charge is -2.06. The Morgan fingerprint density at radius 1 is 1.18 bits per heavy atom. The first-order valence-corrected chi connectivity index (χ1v) is 6.04. The molecule has 0 saturated heterocycles. The van der Waals surface area contributed by atoms with Crippen molar-refractivity contribution in [3.05, 3.63) is 29.8 Å². The molecule has 5 heteroatoms. The minimum atomic E-state index is -0.369. The van der Waals surface area contributed by atoms with Crippen LogP contribution in [0.3, 0.4) is 0 Å². The smallest absolute Gasteiger partial charge is 0.338 e. The Kier molecular flexibility index (Phi) is 5.56. The van der Waals surface area contributed by atoms with Gasteiger partial charge in [-0.2, -0.15) is 0 Å². The maximum absolute atomic E-state index is 11.5. The quantitative estimate of drug-likeness (QED) is 0.595. The second kappa shape index (κ2) is 6.96. The number of hydrogen-bond acceptors (Lipinski definition) is 5. The van der Waals surface area contributed by atoms with Gasteiger partial charge in [0.25, 0.3) is 0 Å². The lowest BCUT2D eigenvalue weighted by Crippen LogP contribution is -2.04. The summed E-state index contributed by atoms with van der Waals surface area (Å²) in [5.74, 6) is -0.0556. The maximum Gasteiger partial charge on any atom is 0.338 e. The van der Waals surface area contributed by atoms with Crippen LogP contribution in [0, 0.1) is 0 Å². The Morgan fingerprint density at radius 3 is 2.53 bits per heavy atom. The largest absolute Gasteiger partial charge is 0.469 e. The monoisotopic (exact) mass is 254 g/mol. The summed E-state index contributed by atoms with van der Waals surface area (Å²) in [4.78, 5) is 23.2. The summed E-state index contributed by atoms with van der Waals surface area (Å²) in [6.45, 7) is 0. The molecule has 0 unspecified atom stereocenters. The van der Waals surface area contributed by atoms with Crippen LogP contribution in [-0.4, -0.2) is 31.9 Å². The topological polar surface area (TPSA) is 52.6 Å². The standard InChI is InChI=1S/C12H14O4S/c1-15-11(13)7-8-17-10-6-4-3-5-9(10)12(14)16-2/h3-6H,7-8H2,1-2H3. The Labute approximate surface area is 104 Å². The number of benzene rings is 1. The Bertz CT molecular complexity index is 403. The molecule has 0 spiro atoms. The van der Waals surface area contributed by atoms with Crippen LogP contribution in [0.15, 0.2) is 29.2 Å². The van der Waals surface area contributed by atoms with E-state index in [0.717, 1.165) is 4.90 Å². The lowest BCUT2D eigenvalue weighted by molar-refractivity contribution is -0.140. The SMILES string of the molecule is COC(=O)CCSc1ccccc1C(=O)OC. The summed E-state index contributed by atoms with van der Waals surface area (Å²) in [7, 11) is 2.70. The first-order valence-electron chi connectivity index (χ1n) is 5.06. The van der Waals surface area contributed by atoms with Crippen molar-refractivity contribution >= 4 is 23.7 Å². The first kappa shape index (κ1) is 13.6. The van der Waals surface area contributed by atoms with Gasteiger partial charge in [-0.3, -0.25) is 4.79 Å². The predicted molar refractivity (Wildman–Crippen MR) is 65.1 cm³/mol. The highest BCUT2D eigenvalue weighted by atomic mass is 32.2. The van der Waals surface area contributed by atoms with Crippen molar-refractivity contribution in [2.45, 2.75) is 11.3 Å². The predicted octanol–water partition coefficient (Wildman–Crippen LogP) is 2.13. The fraction of sp³-hybridized carbons (Fsp3) is 0.333. The summed E-state index contributed by atoms with van der Waals surface area (Å²) >= 11 is 1.43. The molecule has 0 bridgehead atoms. The summed E-state index contributed by atoms with van der Waals surface area (Å²) in [6, 6.07) is 7.14. The second-order valence-electron chi connectivity index (χ2n) is 3.16. The van der Waals surface area contributed by atoms with E-state index >= 15 is 0 Å². The number of thioether (sulfide) groups is 1. The minimum absolute atomic E-state index is 0.256. The minimum Gasteiger partial charge on any atom is -0.469 e. The van der Waals surface area contributed by atoms with Crippen molar-refractivity contribution in [2.75, 3.05) is 20.0 Å². The zero-order valence-corrected chi connectivity index (χ0v) is 10.6. The van der Waals surface area contributed by atoms with E-state index in [1.54, 1.807) is 12.1 Å². The third kappa shape index (κ3) is 4.11. The van der Waals surface area contributed by atoms with E-state index in [1.807, 2.05) is 12.1 Å². The van der Waals surface area contributed by atoms with Crippen LogP contribution in [-0.2, 0) is 14.3 Å². The molecule has 1 aromatic carbocycles. The molecule has 1 rings (SSSR count). The van der Waals surface area contributed by atoms with E-state index in [2.05, 4.69) is 9.47 Å². The molecule has 0 fully saturated rings. The van der Waals surface area contributed by atoms with E-state index in [1.165, 1.54) is 26.0 Å². The third-order valence-electron chi connectivity index (χ3n) is 2.08. The van der Waals surface area contributed by atoms with Crippen LogP contribution in [0.2, 0.25) is 0 Å². The van der Waals surface area contributed by atoms with E-state index in [0.29, 0.717) is 17.7 Å². The van der Waals surface area contributed by atoms with Crippen LogP contribution >= 0.6 is 11.8 Å². The Hall–Kier alpha value is -1.49. The third-order valence-corrected chi connectivity index (χ3v) is 3.16. The number of carbonyl (C=O) groups excluding carboxylic acids is 2. The van der Waals surface area contributed by atoms with E-state index in [9.17, 15) is 9.59 Å². The summed E-state index contributed by atoms with van der Waals surface area (Å²) < 4.78 is 9.22. The molecule has 17 heavy (non-hydrogen) atoms. The van der Waals surface area contributed by atoms with Gasteiger partial charge < -0.3 is 9.47 Å². The van der Waals surface area contributed by atoms with E-state index in [4.69, 9.17) is 0 Å². The zero-order valence-electron chi connectivity index (χ0n) is 9.76. The number of carbonyl (C=O) groups is 2. The van der Waals surface area contributed by atoms with Crippen molar-refractivity contribution < 1.29 is 19.1 Å². The van der Waals surface area contributed by atoms with E-state index < -0.39 is 0 Å². The van der Waals surface area contributed by atoms with E-state index in [-0.39, 0.29) is 11.9 Å². The van der Waals surface area contributed by atoms with Gasteiger partial charge in [0, 0.05) is 10.6 Å². The van der Waals surface area contributed by atoms with Gasteiger partial charge in [-0.05, 0) is 12.1 Å². The average Bonchev–Trinajstić information content (AvgIpc) is 2.38. The zero-order chi connectivity index (χ0) is 12.7. The van der Waals surface area contributed by atoms with Crippen LogP contribution in [0.1, 0.15) is 16.8 Å². The Morgan fingerprint density at radius 2 is 1.88 bits per heavy atom. The molecule has 0 radical (unpaired) electrons. The molecule has 0 saturated carbocycles. The average molecular weight is 254 g/mol. The number of hydrogen-bond donors (Lipinski definition) is 0. The molecule has 92 valence electrons. The number of ether oxygens (including phenoxy) is 2. The molecule has 0 amide bonds. The van der Waals surface area contributed by atoms with Gasteiger partial charge >= 0.3 is 11.9 Å². The molecule has 0 aliphatic carbocycles. The maximum atomic E-state index is 11.5. The normalized spacial score (nSPS) is 9.76. The molecule has 0 aliphatic rings.